The van der Waals surface area contributed by atoms with E-state index in [0.717, 1.165) is 70.1 Å². The highest BCUT2D eigenvalue weighted by Crippen LogP contribution is 2.23. The minimum Gasteiger partial charge on any atom is -0.392 e. The molecular weight excluding hydrogens is 599 g/mol. The topological polar surface area (TPSA) is 77.4 Å². The average Bonchev–Trinajstić information content (AvgIpc) is 2.94. The molecule has 9 heteroatoms. The Morgan fingerprint density at radius 2 is 1.31 bits per heavy atom. The van der Waals surface area contributed by atoms with Crippen LogP contribution in [0, 0.1) is 0 Å². The molecule has 0 spiro atoms. The van der Waals surface area contributed by atoms with Crippen molar-refractivity contribution < 1.29 is 29.2 Å². The number of aliphatic hydroxyl groups is 2. The zero-order valence-electron chi connectivity index (χ0n) is 21.0. The quantitative estimate of drug-likeness (QED) is 0.345. The van der Waals surface area contributed by atoms with Crippen molar-refractivity contribution in [2.24, 2.45) is 0 Å². The Bertz CT molecular complexity index is 880. The van der Waals surface area contributed by atoms with Gasteiger partial charge in [0.1, 0.15) is 0 Å². The predicted molar refractivity (Wildman–Crippen MR) is 148 cm³/mol. The lowest BCUT2D eigenvalue weighted by molar-refractivity contribution is -0.169. The largest absolute Gasteiger partial charge is 0.392 e. The summed E-state index contributed by atoms with van der Waals surface area (Å²) in [5, 5.41) is 17.5. The Morgan fingerprint density at radius 3 is 1.83 bits per heavy atom. The van der Waals surface area contributed by atoms with E-state index in [-0.39, 0.29) is 25.8 Å². The van der Waals surface area contributed by atoms with Crippen LogP contribution in [0.2, 0.25) is 0 Å². The van der Waals surface area contributed by atoms with Gasteiger partial charge < -0.3 is 29.2 Å². The molecule has 3 atom stereocenters. The zero-order valence-corrected chi connectivity index (χ0v) is 24.3. The van der Waals surface area contributed by atoms with E-state index in [4.69, 9.17) is 30.4 Å². The number of halogens is 2. The van der Waals surface area contributed by atoms with Gasteiger partial charge in [-0.1, -0.05) is 56.1 Å². The third kappa shape index (κ3) is 10.8. The fourth-order valence-electron chi connectivity index (χ4n) is 3.67. The van der Waals surface area contributed by atoms with E-state index in [1.807, 2.05) is 0 Å². The van der Waals surface area contributed by atoms with Crippen molar-refractivity contribution in [1.82, 2.24) is 0 Å². The molecule has 0 amide bonds. The van der Waals surface area contributed by atoms with Gasteiger partial charge in [-0.15, -0.1) is 0 Å². The van der Waals surface area contributed by atoms with Crippen LogP contribution >= 0.6 is 41.7 Å². The van der Waals surface area contributed by atoms with Crippen molar-refractivity contribution in [1.29, 1.82) is 1.28 Å². The van der Waals surface area contributed by atoms with Gasteiger partial charge in [0.05, 0.1) is 27.7 Å². The fourth-order valence-corrected chi connectivity index (χ4v) is 4.76. The van der Waals surface area contributed by atoms with Crippen molar-refractivity contribution in [2.75, 3.05) is 13.2 Å². The molecule has 2 aliphatic heterocycles. The second-order valence-corrected chi connectivity index (χ2v) is 10.1. The first-order valence-electron chi connectivity index (χ1n) is 12.4. The van der Waals surface area contributed by atoms with E-state index in [9.17, 15) is 0 Å². The first-order valence-corrected chi connectivity index (χ1v) is 13.4. The molecule has 35 heavy (non-hydrogen) atoms. The summed E-state index contributed by atoms with van der Waals surface area (Å²) in [6, 6.07) is 11.7. The van der Waals surface area contributed by atoms with Crippen LogP contribution in [0.15, 0.2) is 45.3 Å². The molecule has 0 radical (unpaired) electrons. The van der Waals surface area contributed by atoms with Gasteiger partial charge in [0, 0.05) is 22.2 Å². The van der Waals surface area contributed by atoms with Crippen LogP contribution in [0.25, 0.3) is 0 Å². The Kier molecular flexibility index (Phi) is 14.3. The van der Waals surface area contributed by atoms with Crippen LogP contribution < -0.4 is 0 Å². The summed E-state index contributed by atoms with van der Waals surface area (Å²) in [6.07, 6.45) is 6.54. The van der Waals surface area contributed by atoms with Crippen LogP contribution in [-0.4, -0.2) is 37.3 Å². The highest BCUT2D eigenvalue weighted by Gasteiger charge is 2.16. The van der Waals surface area contributed by atoms with Gasteiger partial charge in [0.25, 0.3) is 0 Å². The molecule has 2 saturated heterocycles. The van der Waals surface area contributed by atoms with Crippen LogP contribution in [0.1, 0.15) is 60.8 Å². The van der Waals surface area contributed by atoms with Crippen LogP contribution in [0.4, 0.5) is 0 Å². The van der Waals surface area contributed by atoms with E-state index in [1.54, 1.807) is 28.0 Å². The lowest BCUT2D eigenvalue weighted by Gasteiger charge is -2.23. The lowest BCUT2D eigenvalue weighted by Crippen LogP contribution is -2.22. The Balaban J connectivity index is 0.000000295. The summed E-state index contributed by atoms with van der Waals surface area (Å²) in [5.41, 5.74) is 3.96. The molecular formula is C26H37Br2O6P. The van der Waals surface area contributed by atoms with E-state index in [2.05, 4.69) is 50.1 Å². The SMILES string of the molecule is Brc1cc(COC2CCCCO2)ccc1COC1CCCCO1.OCc1ccc(CO)c(Br)c1.[2H]P. The van der Waals surface area contributed by atoms with E-state index < -0.39 is 0 Å². The molecule has 2 N–H and O–H groups in total. The highest BCUT2D eigenvalue weighted by molar-refractivity contribution is 9.10. The summed E-state index contributed by atoms with van der Waals surface area (Å²) in [7, 11) is 1.67. The Labute approximate surface area is 229 Å². The summed E-state index contributed by atoms with van der Waals surface area (Å²) in [6.45, 7) is 2.82. The molecule has 2 heterocycles. The molecule has 2 aromatic rings. The number of hydrogen-bond acceptors (Lipinski definition) is 6. The molecule has 2 fully saturated rings. The smallest absolute Gasteiger partial charge is 0.158 e. The lowest BCUT2D eigenvalue weighted by atomic mass is 10.1. The second-order valence-electron chi connectivity index (χ2n) is 8.38. The molecule has 196 valence electrons. The Morgan fingerprint density at radius 1 is 0.771 bits per heavy atom. The standard InChI is InChI=1S/C18H25BrO4.C8H9BrO2.H3P/c19-16-11-14(12-22-17-5-1-3-9-20-17)7-8-15(16)13-23-18-6-2-4-10-21-18;9-8-3-6(4-10)1-2-7(8)5-11;/h7-8,11,17-18H,1-6,9-10,12-13H2;1-3,10-11H,4-5H2;1H3/i;;1D. The molecule has 2 aliphatic rings. The molecule has 4 rings (SSSR count). The highest BCUT2D eigenvalue weighted by atomic mass is 79.9. The molecule has 6 nitrogen and oxygen atoms in total. The van der Waals surface area contributed by atoms with Crippen LogP contribution in [0.5, 0.6) is 0 Å². The van der Waals surface area contributed by atoms with Gasteiger partial charge >= 0.3 is 0 Å². The van der Waals surface area contributed by atoms with E-state index >= 15 is 0 Å². The van der Waals surface area contributed by atoms with Crippen molar-refractivity contribution in [3.8, 4) is 0 Å². The summed E-state index contributed by atoms with van der Waals surface area (Å²) in [4.78, 5) is 0. The maximum absolute atomic E-state index is 8.79. The number of benzene rings is 2. The third-order valence-electron chi connectivity index (χ3n) is 5.72. The van der Waals surface area contributed by atoms with Crippen molar-refractivity contribution in [2.45, 2.75) is 77.5 Å². The number of aliphatic hydroxyl groups excluding tert-OH is 2. The number of rotatable bonds is 8. The monoisotopic (exact) mass is 635 g/mol. The molecule has 0 bridgehead atoms. The summed E-state index contributed by atoms with van der Waals surface area (Å²) < 4.78 is 30.4. The van der Waals surface area contributed by atoms with E-state index in [1.165, 1.54) is 12.8 Å². The molecule has 3 unspecified atom stereocenters. The predicted octanol–water partition coefficient (Wildman–Crippen LogP) is 6.03. The second kappa shape index (κ2) is 17.2. The van der Waals surface area contributed by atoms with Gasteiger partial charge in [-0.25, -0.2) is 0 Å². The van der Waals surface area contributed by atoms with Gasteiger partial charge in [0.15, 0.2) is 12.6 Å². The van der Waals surface area contributed by atoms with Crippen LogP contribution in [-0.2, 0) is 45.4 Å². The first kappa shape index (κ1) is 29.2. The van der Waals surface area contributed by atoms with Crippen LogP contribution in [0.3, 0.4) is 0 Å². The minimum atomic E-state index is -0.0536. The van der Waals surface area contributed by atoms with Crippen molar-refractivity contribution in [3.05, 3.63) is 67.6 Å². The van der Waals surface area contributed by atoms with Crippen molar-refractivity contribution in [3.63, 3.8) is 0 Å². The fraction of sp³-hybridized carbons (Fsp3) is 0.538. The normalized spacial score (nSPS) is 20.1. The van der Waals surface area contributed by atoms with Crippen molar-refractivity contribution >= 4 is 41.7 Å². The molecule has 0 aliphatic carbocycles. The third-order valence-corrected chi connectivity index (χ3v) is 7.20. The Hall–Kier alpha value is -0.410. The first-order chi connectivity index (χ1) is 17.6. The van der Waals surface area contributed by atoms with Gasteiger partial charge in [-0.05, 0) is 72.9 Å². The summed E-state index contributed by atoms with van der Waals surface area (Å²) >= 11 is 6.91. The van der Waals surface area contributed by atoms with Gasteiger partial charge in [-0.2, -0.15) is 9.84 Å². The average molecular weight is 637 g/mol. The van der Waals surface area contributed by atoms with E-state index in [0.29, 0.717) is 13.2 Å². The molecule has 2 aromatic carbocycles. The van der Waals surface area contributed by atoms with Gasteiger partial charge in [0.2, 0.25) is 0 Å². The maximum atomic E-state index is 8.79. The molecule has 0 saturated carbocycles. The number of hydrogen-bond donors (Lipinski definition) is 2. The maximum Gasteiger partial charge on any atom is 0.158 e. The summed E-state index contributed by atoms with van der Waals surface area (Å²) in [5.74, 6) is 0. The minimum absolute atomic E-state index is 0.0201. The number of ether oxygens (including phenoxy) is 4. The molecule has 0 aromatic heterocycles. The zero-order chi connectivity index (χ0) is 26.2. The van der Waals surface area contributed by atoms with Gasteiger partial charge in [-0.3, -0.25) is 0 Å².